The number of rotatable bonds is 6. The summed E-state index contributed by atoms with van der Waals surface area (Å²) in [6.45, 7) is 6.74. The molecule has 1 aromatic carbocycles. The molecule has 1 aliphatic rings. The quantitative estimate of drug-likeness (QED) is 0.497. The average Bonchev–Trinajstić information content (AvgIpc) is 2.87. The predicted octanol–water partition coefficient (Wildman–Crippen LogP) is 2.93. The number of hydrogen-bond acceptors (Lipinski definition) is 4. The van der Waals surface area contributed by atoms with Gasteiger partial charge in [-0.2, -0.15) is 0 Å². The van der Waals surface area contributed by atoms with Gasteiger partial charge >= 0.3 is 6.09 Å². The van der Waals surface area contributed by atoms with Gasteiger partial charge < -0.3 is 15.0 Å². The van der Waals surface area contributed by atoms with Crippen molar-refractivity contribution in [3.8, 4) is 0 Å². The van der Waals surface area contributed by atoms with Crippen LogP contribution in [-0.2, 0) is 11.3 Å². The van der Waals surface area contributed by atoms with Crippen LogP contribution in [0.5, 0.6) is 0 Å². The molecule has 23 heavy (non-hydrogen) atoms. The van der Waals surface area contributed by atoms with Gasteiger partial charge in [0.05, 0.1) is 12.1 Å². The summed E-state index contributed by atoms with van der Waals surface area (Å²) in [5.74, 6) is 0.519. The SMILES string of the molecule is CC(C)CN1C[C@H](N=[N+]=[N-])[C@H](NC(=O)OCc2ccccc2)C1. The summed E-state index contributed by atoms with van der Waals surface area (Å²) in [6, 6.07) is 9.03. The Morgan fingerprint density at radius 1 is 1.43 bits per heavy atom. The lowest BCUT2D eigenvalue weighted by molar-refractivity contribution is 0.135. The molecule has 2 atom stereocenters. The number of benzene rings is 1. The lowest BCUT2D eigenvalue weighted by Gasteiger charge is -2.18. The van der Waals surface area contributed by atoms with Crippen molar-refractivity contribution in [2.45, 2.75) is 32.5 Å². The van der Waals surface area contributed by atoms with Gasteiger partial charge in [-0.05, 0) is 17.0 Å². The minimum Gasteiger partial charge on any atom is -0.445 e. The highest BCUT2D eigenvalue weighted by Crippen LogP contribution is 2.16. The van der Waals surface area contributed by atoms with Crippen LogP contribution in [0.2, 0.25) is 0 Å². The highest BCUT2D eigenvalue weighted by Gasteiger charge is 2.33. The maximum atomic E-state index is 12.0. The second-order valence-corrected chi connectivity index (χ2v) is 6.20. The highest BCUT2D eigenvalue weighted by atomic mass is 16.5. The molecule has 1 fully saturated rings. The summed E-state index contributed by atoms with van der Waals surface area (Å²) in [5, 5.41) is 6.62. The van der Waals surface area contributed by atoms with Gasteiger partial charge in [0.25, 0.3) is 0 Å². The topological polar surface area (TPSA) is 90.3 Å². The number of carbonyl (C=O) groups is 1. The Morgan fingerprint density at radius 3 is 2.83 bits per heavy atom. The zero-order valence-corrected chi connectivity index (χ0v) is 13.6. The molecule has 0 spiro atoms. The maximum Gasteiger partial charge on any atom is 0.407 e. The Labute approximate surface area is 136 Å². The van der Waals surface area contributed by atoms with Gasteiger partial charge in [-0.25, -0.2) is 4.79 Å². The summed E-state index contributed by atoms with van der Waals surface area (Å²) in [5.41, 5.74) is 9.63. The minimum absolute atomic E-state index is 0.215. The molecule has 124 valence electrons. The van der Waals surface area contributed by atoms with E-state index in [9.17, 15) is 4.79 Å². The molecule has 1 aromatic rings. The van der Waals surface area contributed by atoms with E-state index in [4.69, 9.17) is 10.3 Å². The van der Waals surface area contributed by atoms with Crippen molar-refractivity contribution in [1.29, 1.82) is 0 Å². The van der Waals surface area contributed by atoms with Crippen LogP contribution in [0.1, 0.15) is 19.4 Å². The van der Waals surface area contributed by atoms with E-state index in [0.717, 1.165) is 12.1 Å². The zero-order valence-electron chi connectivity index (χ0n) is 13.6. The fourth-order valence-electron chi connectivity index (χ4n) is 2.77. The highest BCUT2D eigenvalue weighted by molar-refractivity contribution is 5.67. The summed E-state index contributed by atoms with van der Waals surface area (Å²) >= 11 is 0. The largest absolute Gasteiger partial charge is 0.445 e. The number of alkyl carbamates (subject to hydrolysis) is 1. The third-order valence-electron chi connectivity index (χ3n) is 3.70. The van der Waals surface area contributed by atoms with Gasteiger partial charge in [0, 0.05) is 24.5 Å². The molecule has 1 heterocycles. The van der Waals surface area contributed by atoms with Crippen LogP contribution in [0.25, 0.3) is 10.4 Å². The summed E-state index contributed by atoms with van der Waals surface area (Å²) < 4.78 is 5.23. The average molecular weight is 317 g/mol. The van der Waals surface area contributed by atoms with Crippen molar-refractivity contribution >= 4 is 6.09 Å². The van der Waals surface area contributed by atoms with Gasteiger partial charge in [-0.3, -0.25) is 0 Å². The molecule has 1 aliphatic heterocycles. The van der Waals surface area contributed by atoms with Crippen molar-refractivity contribution in [2.75, 3.05) is 19.6 Å². The summed E-state index contributed by atoms with van der Waals surface area (Å²) in [7, 11) is 0. The van der Waals surface area contributed by atoms with E-state index in [1.807, 2.05) is 30.3 Å². The molecule has 0 saturated carbocycles. The molecule has 7 heteroatoms. The Kier molecular flexibility index (Phi) is 6.26. The molecule has 0 radical (unpaired) electrons. The molecular weight excluding hydrogens is 294 g/mol. The van der Waals surface area contributed by atoms with Gasteiger partial charge in [0.1, 0.15) is 6.61 Å². The molecule has 2 rings (SSSR count). The first kappa shape index (κ1) is 17.1. The van der Waals surface area contributed by atoms with Crippen molar-refractivity contribution < 1.29 is 9.53 Å². The first-order valence-electron chi connectivity index (χ1n) is 7.82. The first-order valence-corrected chi connectivity index (χ1v) is 7.82. The molecule has 0 unspecified atom stereocenters. The second kappa shape index (κ2) is 8.41. The molecule has 7 nitrogen and oxygen atoms in total. The number of ether oxygens (including phenoxy) is 1. The summed E-state index contributed by atoms with van der Waals surface area (Å²) in [4.78, 5) is 17.1. The van der Waals surface area contributed by atoms with E-state index in [0.29, 0.717) is 19.0 Å². The van der Waals surface area contributed by atoms with Crippen LogP contribution in [-0.4, -0.2) is 42.7 Å². The summed E-state index contributed by atoms with van der Waals surface area (Å²) in [6.07, 6.45) is -0.483. The van der Waals surface area contributed by atoms with Crippen LogP contribution in [0.15, 0.2) is 35.4 Å². The third-order valence-corrected chi connectivity index (χ3v) is 3.70. The maximum absolute atomic E-state index is 12.0. The zero-order chi connectivity index (χ0) is 16.7. The van der Waals surface area contributed by atoms with Crippen molar-refractivity contribution in [3.05, 3.63) is 46.3 Å². The normalized spacial score (nSPS) is 21.0. The van der Waals surface area contributed by atoms with Crippen molar-refractivity contribution in [1.82, 2.24) is 10.2 Å². The number of nitrogens with one attached hydrogen (secondary N) is 1. The van der Waals surface area contributed by atoms with Gasteiger partial charge in [0.2, 0.25) is 0 Å². The predicted molar refractivity (Wildman–Crippen MR) is 87.8 cm³/mol. The molecule has 0 bridgehead atoms. The number of carbonyl (C=O) groups excluding carboxylic acids is 1. The Balaban J connectivity index is 1.86. The number of hydrogen-bond donors (Lipinski definition) is 1. The van der Waals surface area contributed by atoms with Crippen LogP contribution in [0, 0.1) is 5.92 Å². The molecule has 0 aromatic heterocycles. The molecule has 1 N–H and O–H groups in total. The van der Waals surface area contributed by atoms with Crippen LogP contribution >= 0.6 is 0 Å². The van der Waals surface area contributed by atoms with Crippen LogP contribution < -0.4 is 5.32 Å². The van der Waals surface area contributed by atoms with E-state index in [1.54, 1.807) is 0 Å². The first-order chi connectivity index (χ1) is 11.1. The third kappa shape index (κ3) is 5.47. The Morgan fingerprint density at radius 2 is 2.17 bits per heavy atom. The van der Waals surface area contributed by atoms with E-state index < -0.39 is 6.09 Å². The molecule has 1 saturated heterocycles. The fourth-order valence-corrected chi connectivity index (χ4v) is 2.77. The van der Waals surface area contributed by atoms with Gasteiger partial charge in [-0.1, -0.05) is 49.3 Å². The Bertz CT molecular complexity index is 557. The van der Waals surface area contributed by atoms with Crippen molar-refractivity contribution in [2.24, 2.45) is 11.0 Å². The van der Waals surface area contributed by atoms with Crippen LogP contribution in [0.3, 0.4) is 0 Å². The van der Waals surface area contributed by atoms with E-state index in [2.05, 4.69) is 34.1 Å². The number of nitrogens with zero attached hydrogens (tertiary/aromatic N) is 4. The van der Waals surface area contributed by atoms with Crippen LogP contribution in [0.4, 0.5) is 4.79 Å². The lowest BCUT2D eigenvalue weighted by atomic mass is 10.2. The van der Waals surface area contributed by atoms with E-state index in [-0.39, 0.29) is 18.7 Å². The molecular formula is C16H23N5O2. The number of likely N-dealkylation sites (tertiary alicyclic amines) is 1. The number of azide groups is 1. The minimum atomic E-state index is -0.483. The smallest absolute Gasteiger partial charge is 0.407 e. The number of amides is 1. The van der Waals surface area contributed by atoms with E-state index in [1.165, 1.54) is 0 Å². The molecule has 1 amide bonds. The van der Waals surface area contributed by atoms with Crippen molar-refractivity contribution in [3.63, 3.8) is 0 Å². The van der Waals surface area contributed by atoms with E-state index >= 15 is 0 Å². The monoisotopic (exact) mass is 317 g/mol. The Hall–Kier alpha value is -2.24. The lowest BCUT2D eigenvalue weighted by Crippen LogP contribution is -2.42. The van der Waals surface area contributed by atoms with Gasteiger partial charge in [-0.15, -0.1) is 0 Å². The fraction of sp³-hybridized carbons (Fsp3) is 0.562. The second-order valence-electron chi connectivity index (χ2n) is 6.20. The van der Waals surface area contributed by atoms with Gasteiger partial charge in [0.15, 0.2) is 0 Å². The molecule has 0 aliphatic carbocycles. The standard InChI is InChI=1S/C16H23N5O2/c1-12(2)8-21-9-14(15(10-21)19-20-17)18-16(22)23-11-13-6-4-3-5-7-13/h3-7,12,14-15H,8-11H2,1-2H3,(H,18,22)/t14-,15+/m1/s1.